The van der Waals surface area contributed by atoms with Crippen molar-refractivity contribution in [2.45, 2.75) is 4.90 Å². The van der Waals surface area contributed by atoms with Gasteiger partial charge in [-0.25, -0.2) is 18.2 Å². The van der Waals surface area contributed by atoms with Crippen LogP contribution in [0, 0.1) is 11.8 Å². The van der Waals surface area contributed by atoms with Gasteiger partial charge in [0.1, 0.15) is 16.2 Å². The van der Waals surface area contributed by atoms with Gasteiger partial charge in [-0.15, -0.1) is 0 Å². The maximum atomic E-state index is 13.3. The Morgan fingerprint density at radius 2 is 1.65 bits per heavy atom. The predicted molar refractivity (Wildman–Crippen MR) is 128 cm³/mol. The molecule has 2 heterocycles. The van der Waals surface area contributed by atoms with Gasteiger partial charge in [-0.3, -0.25) is 4.72 Å². The number of nitrogens with one attached hydrogen (secondary N) is 1. The fourth-order valence-corrected chi connectivity index (χ4v) is 4.78. The summed E-state index contributed by atoms with van der Waals surface area (Å²) in [5.74, 6) is 4.68. The van der Waals surface area contributed by atoms with E-state index < -0.39 is 16.0 Å². The number of carboxylic acid groups (broad SMARTS) is 1. The molecule has 0 saturated heterocycles. The van der Waals surface area contributed by atoms with Gasteiger partial charge >= 0.3 is 5.97 Å². The number of hydrogen-bond acceptors (Lipinski definition) is 5. The van der Waals surface area contributed by atoms with Crippen molar-refractivity contribution in [3.05, 3.63) is 102 Å². The molecule has 0 bridgehead atoms. The van der Waals surface area contributed by atoms with Gasteiger partial charge in [0.15, 0.2) is 5.58 Å². The van der Waals surface area contributed by atoms with Crippen LogP contribution >= 0.6 is 0 Å². The van der Waals surface area contributed by atoms with E-state index in [2.05, 4.69) is 21.5 Å². The number of rotatable bonds is 4. The average molecular weight is 468 g/mol. The SMILES string of the molecule is O=C(O)c1ccc(C#Cc2ccccc2NS(=O)(=O)c2cccc3c2oc2ccccc23)cn1. The third-order valence-electron chi connectivity index (χ3n) is 5.15. The molecule has 166 valence electrons. The standard InChI is InChI=1S/C26H16N2O5S/c29-26(30)22-15-13-17(16-27-22)12-14-18-6-1-3-9-21(18)28-34(31,32)24-11-5-8-20-19-7-2-4-10-23(19)33-25(20)24/h1-11,13,15-16,28H,(H,29,30). The highest BCUT2D eigenvalue weighted by Gasteiger charge is 2.22. The lowest BCUT2D eigenvalue weighted by Crippen LogP contribution is -2.14. The lowest BCUT2D eigenvalue weighted by molar-refractivity contribution is 0.0690. The molecule has 0 aliphatic heterocycles. The molecule has 5 rings (SSSR count). The minimum atomic E-state index is -4.00. The number of carboxylic acids is 1. The smallest absolute Gasteiger partial charge is 0.354 e. The number of carbonyl (C=O) groups is 1. The molecule has 2 aromatic heterocycles. The number of aromatic carboxylic acids is 1. The Balaban J connectivity index is 1.51. The molecule has 0 atom stereocenters. The second-order valence-electron chi connectivity index (χ2n) is 7.37. The van der Waals surface area contributed by atoms with E-state index in [1.54, 1.807) is 42.5 Å². The van der Waals surface area contributed by atoms with E-state index in [-0.39, 0.29) is 16.2 Å². The maximum absolute atomic E-state index is 13.3. The van der Waals surface area contributed by atoms with Crippen LogP contribution in [0.1, 0.15) is 21.6 Å². The van der Waals surface area contributed by atoms with E-state index in [4.69, 9.17) is 9.52 Å². The van der Waals surface area contributed by atoms with Crippen molar-refractivity contribution in [3.63, 3.8) is 0 Å². The molecule has 0 fully saturated rings. The van der Waals surface area contributed by atoms with E-state index in [0.29, 0.717) is 27.8 Å². The number of hydrogen-bond donors (Lipinski definition) is 2. The number of fused-ring (bicyclic) bond motifs is 3. The van der Waals surface area contributed by atoms with Crippen LogP contribution in [0.4, 0.5) is 5.69 Å². The number of aromatic nitrogens is 1. The summed E-state index contributed by atoms with van der Waals surface area (Å²) < 4.78 is 35.2. The first-order valence-corrected chi connectivity index (χ1v) is 11.6. The molecular weight excluding hydrogens is 452 g/mol. The number of furan rings is 1. The Morgan fingerprint density at radius 3 is 2.44 bits per heavy atom. The number of anilines is 1. The zero-order chi connectivity index (χ0) is 23.7. The van der Waals surface area contributed by atoms with E-state index in [1.807, 2.05) is 24.3 Å². The third-order valence-corrected chi connectivity index (χ3v) is 6.54. The first kappa shape index (κ1) is 21.2. The first-order valence-electron chi connectivity index (χ1n) is 10.2. The van der Waals surface area contributed by atoms with Crippen molar-refractivity contribution in [2.24, 2.45) is 0 Å². The number of sulfonamides is 1. The second kappa shape index (κ2) is 8.39. The molecular formula is C26H16N2O5S. The largest absolute Gasteiger partial charge is 0.477 e. The fraction of sp³-hybridized carbons (Fsp3) is 0. The van der Waals surface area contributed by atoms with Crippen LogP contribution in [0.3, 0.4) is 0 Å². The summed E-state index contributed by atoms with van der Waals surface area (Å²) in [5, 5.41) is 10.5. The summed E-state index contributed by atoms with van der Waals surface area (Å²) in [7, 11) is -4.00. The molecule has 0 aliphatic carbocycles. The van der Waals surface area contributed by atoms with E-state index in [9.17, 15) is 13.2 Å². The number of para-hydroxylation sites is 3. The molecule has 0 aliphatic rings. The number of pyridine rings is 1. The average Bonchev–Trinajstić information content (AvgIpc) is 3.22. The van der Waals surface area contributed by atoms with Gasteiger partial charge in [0.2, 0.25) is 0 Å². The van der Waals surface area contributed by atoms with Crippen molar-refractivity contribution in [1.29, 1.82) is 0 Å². The molecule has 0 spiro atoms. The van der Waals surface area contributed by atoms with Crippen LogP contribution in [-0.2, 0) is 10.0 Å². The lowest BCUT2D eigenvalue weighted by Gasteiger charge is -2.10. The van der Waals surface area contributed by atoms with Crippen molar-refractivity contribution < 1.29 is 22.7 Å². The summed E-state index contributed by atoms with van der Waals surface area (Å²) in [4.78, 5) is 14.8. The Hall–Kier alpha value is -4.61. The maximum Gasteiger partial charge on any atom is 0.354 e. The molecule has 0 amide bonds. The molecule has 3 aromatic carbocycles. The monoisotopic (exact) mass is 468 g/mol. The minimum absolute atomic E-state index is 0.0254. The van der Waals surface area contributed by atoms with Crippen LogP contribution in [0.25, 0.3) is 21.9 Å². The van der Waals surface area contributed by atoms with Gasteiger partial charge < -0.3 is 9.52 Å². The van der Waals surface area contributed by atoms with Gasteiger partial charge in [-0.05, 0) is 36.4 Å². The van der Waals surface area contributed by atoms with Gasteiger partial charge in [-0.1, -0.05) is 54.3 Å². The molecule has 8 heteroatoms. The van der Waals surface area contributed by atoms with Crippen molar-refractivity contribution in [1.82, 2.24) is 4.98 Å². The topological polar surface area (TPSA) is 110 Å². The van der Waals surface area contributed by atoms with E-state index >= 15 is 0 Å². The predicted octanol–water partition coefficient (Wildman–Crippen LogP) is 4.88. The Bertz CT molecular complexity index is 1730. The Labute approximate surface area is 194 Å². The second-order valence-corrected chi connectivity index (χ2v) is 9.02. The van der Waals surface area contributed by atoms with E-state index in [0.717, 1.165) is 5.39 Å². The van der Waals surface area contributed by atoms with Crippen LogP contribution in [0.5, 0.6) is 0 Å². The zero-order valence-electron chi connectivity index (χ0n) is 17.5. The van der Waals surface area contributed by atoms with Crippen molar-refractivity contribution in [2.75, 3.05) is 4.72 Å². The lowest BCUT2D eigenvalue weighted by atomic mass is 10.1. The van der Waals surface area contributed by atoms with Crippen molar-refractivity contribution in [3.8, 4) is 11.8 Å². The highest BCUT2D eigenvalue weighted by Crippen LogP contribution is 2.33. The third kappa shape index (κ3) is 3.96. The molecule has 2 N–H and O–H groups in total. The van der Waals surface area contributed by atoms with Crippen LogP contribution < -0.4 is 4.72 Å². The number of benzene rings is 3. The van der Waals surface area contributed by atoms with E-state index in [1.165, 1.54) is 18.3 Å². The Kier molecular flexibility index (Phi) is 5.24. The normalized spacial score (nSPS) is 11.2. The van der Waals surface area contributed by atoms with Gasteiger partial charge in [0.05, 0.1) is 5.69 Å². The summed E-state index contributed by atoms with van der Waals surface area (Å²) in [6, 6.07) is 22.0. The Morgan fingerprint density at radius 1 is 0.882 bits per heavy atom. The zero-order valence-corrected chi connectivity index (χ0v) is 18.3. The van der Waals surface area contributed by atoms with Crippen LogP contribution in [0.15, 0.2) is 94.4 Å². The molecule has 0 radical (unpaired) electrons. The summed E-state index contributed by atoms with van der Waals surface area (Å²) in [6.07, 6.45) is 1.35. The molecule has 7 nitrogen and oxygen atoms in total. The fourth-order valence-electron chi connectivity index (χ4n) is 3.55. The molecule has 0 saturated carbocycles. The summed E-state index contributed by atoms with van der Waals surface area (Å²) >= 11 is 0. The van der Waals surface area contributed by atoms with Gasteiger partial charge in [0.25, 0.3) is 10.0 Å². The number of nitrogens with zero attached hydrogens (tertiary/aromatic N) is 1. The highest BCUT2D eigenvalue weighted by atomic mass is 32.2. The summed E-state index contributed by atoms with van der Waals surface area (Å²) in [5.41, 5.74) is 2.05. The minimum Gasteiger partial charge on any atom is -0.477 e. The highest BCUT2D eigenvalue weighted by molar-refractivity contribution is 7.93. The van der Waals surface area contributed by atoms with Gasteiger partial charge in [-0.2, -0.15) is 0 Å². The van der Waals surface area contributed by atoms with Crippen molar-refractivity contribution >= 4 is 43.6 Å². The molecule has 5 aromatic rings. The summed E-state index contributed by atoms with van der Waals surface area (Å²) in [6.45, 7) is 0. The molecule has 34 heavy (non-hydrogen) atoms. The first-order chi connectivity index (χ1) is 16.4. The quantitative estimate of drug-likeness (QED) is 0.364. The van der Waals surface area contributed by atoms with Crippen LogP contribution in [0.2, 0.25) is 0 Å². The van der Waals surface area contributed by atoms with Crippen LogP contribution in [-0.4, -0.2) is 24.5 Å². The molecule has 0 unspecified atom stereocenters. The van der Waals surface area contributed by atoms with Gasteiger partial charge in [0, 0.05) is 28.1 Å².